The minimum absolute atomic E-state index is 0.443. The van der Waals surface area contributed by atoms with Crippen LogP contribution in [0.2, 0.25) is 0 Å². The smallest absolute Gasteiger partial charge is 0.159 e. The van der Waals surface area contributed by atoms with E-state index < -0.39 is 0 Å². The summed E-state index contributed by atoms with van der Waals surface area (Å²) in [5.74, 6) is 1.23. The number of aryl methyl sites for hydroxylation is 1. The highest BCUT2D eigenvalue weighted by Crippen LogP contribution is 2.35. The molecule has 5 rings (SSSR count). The van der Waals surface area contributed by atoms with Crippen LogP contribution in [0.5, 0.6) is 0 Å². The maximum absolute atomic E-state index is 5.12. The van der Waals surface area contributed by atoms with Crippen molar-refractivity contribution in [3.05, 3.63) is 88.6 Å². The summed E-state index contributed by atoms with van der Waals surface area (Å²) in [6.07, 6.45) is 7.87. The van der Waals surface area contributed by atoms with E-state index in [2.05, 4.69) is 58.6 Å². The predicted octanol–water partition coefficient (Wildman–Crippen LogP) is 5.96. The fourth-order valence-corrected chi connectivity index (χ4v) is 5.11. The van der Waals surface area contributed by atoms with Gasteiger partial charge in [0, 0.05) is 47.1 Å². The highest BCUT2D eigenvalue weighted by atomic mass is 32.1. The lowest BCUT2D eigenvalue weighted by atomic mass is 9.88. The summed E-state index contributed by atoms with van der Waals surface area (Å²) in [5.41, 5.74) is 5.83. The fourth-order valence-electron chi connectivity index (χ4n) is 4.37. The molecule has 4 aromatic rings. The summed E-state index contributed by atoms with van der Waals surface area (Å²) in [4.78, 5) is 18.0. The van der Waals surface area contributed by atoms with Crippen LogP contribution in [-0.2, 0) is 6.54 Å². The average Bonchev–Trinajstić information content (AvgIpc) is 3.33. The molecule has 1 aromatic carbocycles. The Hall–Kier alpha value is -2.89. The van der Waals surface area contributed by atoms with Crippen LogP contribution in [0.25, 0.3) is 22.5 Å². The van der Waals surface area contributed by atoms with Crippen molar-refractivity contribution in [2.24, 2.45) is 0 Å². The first-order chi connectivity index (χ1) is 15.3. The van der Waals surface area contributed by atoms with E-state index in [1.807, 2.05) is 29.7 Å². The van der Waals surface area contributed by atoms with Crippen molar-refractivity contribution >= 4 is 11.3 Å². The Balaban J connectivity index is 1.45. The second-order valence-corrected chi connectivity index (χ2v) is 9.26. The standard InChI is InChI=1S/C26H26N4S/c1-19-4-2-5-22(16-19)24-17-28-26(21-7-11-27-12-8-21)29-25(24)20-9-13-30(14-10-20)18-23-6-3-15-31-23/h2-8,11-12,15-17,20H,9-10,13-14,18H2,1H3. The van der Waals surface area contributed by atoms with Gasteiger partial charge in [-0.25, -0.2) is 9.97 Å². The van der Waals surface area contributed by atoms with Crippen molar-refractivity contribution in [2.75, 3.05) is 13.1 Å². The van der Waals surface area contributed by atoms with Crippen LogP contribution < -0.4 is 0 Å². The van der Waals surface area contributed by atoms with E-state index in [9.17, 15) is 0 Å². The normalized spacial score (nSPS) is 15.3. The third-order valence-corrected chi connectivity index (χ3v) is 6.88. The highest BCUT2D eigenvalue weighted by Gasteiger charge is 2.25. The van der Waals surface area contributed by atoms with Crippen LogP contribution in [0.15, 0.2) is 72.5 Å². The first-order valence-electron chi connectivity index (χ1n) is 10.9. The number of benzene rings is 1. The number of nitrogens with zero attached hydrogens (tertiary/aromatic N) is 4. The molecular formula is C26H26N4S. The van der Waals surface area contributed by atoms with Crippen molar-refractivity contribution in [1.29, 1.82) is 0 Å². The summed E-state index contributed by atoms with van der Waals surface area (Å²) in [7, 11) is 0. The molecule has 1 aliphatic rings. The maximum atomic E-state index is 5.12. The van der Waals surface area contributed by atoms with E-state index in [1.165, 1.54) is 27.3 Å². The van der Waals surface area contributed by atoms with Gasteiger partial charge in [-0.15, -0.1) is 11.3 Å². The van der Waals surface area contributed by atoms with Crippen molar-refractivity contribution in [2.45, 2.75) is 32.2 Å². The Kier molecular flexibility index (Phi) is 5.87. The molecule has 5 heteroatoms. The zero-order valence-electron chi connectivity index (χ0n) is 17.7. The Labute approximate surface area is 187 Å². The van der Waals surface area contributed by atoms with Crippen molar-refractivity contribution < 1.29 is 0 Å². The first kappa shape index (κ1) is 20.0. The second-order valence-electron chi connectivity index (χ2n) is 8.23. The molecule has 0 unspecified atom stereocenters. The predicted molar refractivity (Wildman–Crippen MR) is 127 cm³/mol. The molecule has 4 heterocycles. The van der Waals surface area contributed by atoms with E-state index in [0.29, 0.717) is 5.92 Å². The number of hydrogen-bond acceptors (Lipinski definition) is 5. The number of pyridine rings is 1. The lowest BCUT2D eigenvalue weighted by Gasteiger charge is -2.32. The SMILES string of the molecule is Cc1cccc(-c2cnc(-c3ccncc3)nc2C2CCN(Cc3cccs3)CC2)c1. The topological polar surface area (TPSA) is 41.9 Å². The number of thiophene rings is 1. The minimum Gasteiger partial charge on any atom is -0.298 e. The third kappa shape index (κ3) is 4.58. The molecule has 0 saturated carbocycles. The van der Waals surface area contributed by atoms with Crippen LogP contribution in [0.1, 0.15) is 34.9 Å². The molecule has 1 saturated heterocycles. The molecule has 0 bridgehead atoms. The summed E-state index contributed by atoms with van der Waals surface area (Å²) in [5, 5.41) is 2.16. The molecular weight excluding hydrogens is 400 g/mol. The molecule has 0 spiro atoms. The van der Waals surface area contributed by atoms with Gasteiger partial charge in [-0.1, -0.05) is 35.9 Å². The lowest BCUT2D eigenvalue weighted by Crippen LogP contribution is -2.32. The number of piperidine rings is 1. The van der Waals surface area contributed by atoms with E-state index in [4.69, 9.17) is 9.97 Å². The maximum Gasteiger partial charge on any atom is 0.159 e. The molecule has 0 N–H and O–H groups in total. The van der Waals surface area contributed by atoms with E-state index >= 15 is 0 Å². The Morgan fingerprint density at radius 1 is 1.00 bits per heavy atom. The zero-order chi connectivity index (χ0) is 21.0. The minimum atomic E-state index is 0.443. The Morgan fingerprint density at radius 2 is 1.84 bits per heavy atom. The molecule has 0 aliphatic carbocycles. The quantitative estimate of drug-likeness (QED) is 0.395. The van der Waals surface area contributed by atoms with Crippen LogP contribution in [0.3, 0.4) is 0 Å². The summed E-state index contributed by atoms with van der Waals surface area (Å²) < 4.78 is 0. The van der Waals surface area contributed by atoms with Gasteiger partial charge in [0.05, 0.1) is 5.69 Å². The lowest BCUT2D eigenvalue weighted by molar-refractivity contribution is 0.205. The monoisotopic (exact) mass is 426 g/mol. The number of rotatable bonds is 5. The Morgan fingerprint density at radius 3 is 2.58 bits per heavy atom. The summed E-state index contributed by atoms with van der Waals surface area (Å²) >= 11 is 1.85. The van der Waals surface area contributed by atoms with Crippen molar-refractivity contribution in [1.82, 2.24) is 19.9 Å². The van der Waals surface area contributed by atoms with Crippen molar-refractivity contribution in [3.63, 3.8) is 0 Å². The summed E-state index contributed by atoms with van der Waals surface area (Å²) in [6.45, 7) is 5.40. The van der Waals surface area contributed by atoms with Gasteiger partial charge < -0.3 is 0 Å². The molecule has 1 fully saturated rings. The van der Waals surface area contributed by atoms with E-state index in [-0.39, 0.29) is 0 Å². The van der Waals surface area contributed by atoms with Gasteiger partial charge in [0.15, 0.2) is 5.82 Å². The van der Waals surface area contributed by atoms with Gasteiger partial charge in [-0.3, -0.25) is 9.88 Å². The number of likely N-dealkylation sites (tertiary alicyclic amines) is 1. The van der Waals surface area contributed by atoms with Gasteiger partial charge >= 0.3 is 0 Å². The fraction of sp³-hybridized carbons (Fsp3) is 0.269. The molecule has 31 heavy (non-hydrogen) atoms. The van der Waals surface area contributed by atoms with Gasteiger partial charge in [-0.05, 0) is 62.0 Å². The second kappa shape index (κ2) is 9.08. The number of hydrogen-bond donors (Lipinski definition) is 0. The molecule has 1 aliphatic heterocycles. The third-order valence-electron chi connectivity index (χ3n) is 6.02. The van der Waals surface area contributed by atoms with Gasteiger partial charge in [0.1, 0.15) is 0 Å². The van der Waals surface area contributed by atoms with Crippen molar-refractivity contribution in [3.8, 4) is 22.5 Å². The Bertz CT molecular complexity index is 1130. The van der Waals surface area contributed by atoms with Crippen LogP contribution in [0.4, 0.5) is 0 Å². The van der Waals surface area contributed by atoms with Crippen LogP contribution >= 0.6 is 11.3 Å². The average molecular weight is 427 g/mol. The molecule has 4 nitrogen and oxygen atoms in total. The highest BCUT2D eigenvalue weighted by molar-refractivity contribution is 7.09. The number of aromatic nitrogens is 3. The molecule has 0 atom stereocenters. The zero-order valence-corrected chi connectivity index (χ0v) is 18.6. The molecule has 156 valence electrons. The van der Waals surface area contributed by atoms with Crippen LogP contribution in [-0.4, -0.2) is 32.9 Å². The summed E-state index contributed by atoms with van der Waals surface area (Å²) in [6, 6.07) is 17.0. The first-order valence-corrected chi connectivity index (χ1v) is 11.7. The van der Waals surface area contributed by atoms with Gasteiger partial charge in [0.25, 0.3) is 0 Å². The molecule has 3 aromatic heterocycles. The molecule has 0 amide bonds. The van der Waals surface area contributed by atoms with Gasteiger partial charge in [0.2, 0.25) is 0 Å². The van der Waals surface area contributed by atoms with Gasteiger partial charge in [-0.2, -0.15) is 0 Å². The largest absolute Gasteiger partial charge is 0.298 e. The van der Waals surface area contributed by atoms with Crippen LogP contribution in [0, 0.1) is 6.92 Å². The van der Waals surface area contributed by atoms with E-state index in [0.717, 1.165) is 43.9 Å². The van der Waals surface area contributed by atoms with E-state index in [1.54, 1.807) is 12.4 Å². The molecule has 0 radical (unpaired) electrons.